The van der Waals surface area contributed by atoms with Crippen LogP contribution in [0.3, 0.4) is 0 Å². The quantitative estimate of drug-likeness (QED) is 0.730. The van der Waals surface area contributed by atoms with Crippen LogP contribution in [0.15, 0.2) is 18.2 Å². The minimum absolute atomic E-state index is 0.0317. The van der Waals surface area contributed by atoms with Crippen LogP contribution >= 0.6 is 12.2 Å². The number of phenolic OH excluding ortho intramolecular Hbond substituents is 1. The number of nitrogens with one attached hydrogen (secondary N) is 1. The number of aromatic amines is 1. The monoisotopic (exact) mass is 225 g/mol. The first-order valence-corrected chi connectivity index (χ1v) is 4.61. The van der Waals surface area contributed by atoms with Crippen molar-refractivity contribution in [2.45, 2.75) is 0 Å². The first-order chi connectivity index (χ1) is 7.09. The van der Waals surface area contributed by atoms with Crippen LogP contribution in [0.2, 0.25) is 0 Å². The second-order valence-electron chi connectivity index (χ2n) is 3.05. The lowest BCUT2D eigenvalue weighted by Crippen LogP contribution is -1.91. The lowest BCUT2D eigenvalue weighted by atomic mass is 10.2. The lowest BCUT2D eigenvalue weighted by Gasteiger charge is -2.01. The molecule has 0 aliphatic heterocycles. The van der Waals surface area contributed by atoms with E-state index in [1.54, 1.807) is 7.05 Å². The van der Waals surface area contributed by atoms with Crippen molar-refractivity contribution in [1.29, 1.82) is 0 Å². The molecule has 0 radical (unpaired) electrons. The van der Waals surface area contributed by atoms with Crippen molar-refractivity contribution >= 4 is 12.2 Å². The molecule has 1 aromatic heterocycles. The van der Waals surface area contributed by atoms with Crippen molar-refractivity contribution < 1.29 is 9.50 Å². The summed E-state index contributed by atoms with van der Waals surface area (Å²) in [5.41, 5.74) is 0.0317. The number of halogens is 1. The Labute approximate surface area is 90.0 Å². The Morgan fingerprint density at radius 1 is 1.53 bits per heavy atom. The van der Waals surface area contributed by atoms with E-state index in [0.29, 0.717) is 4.77 Å². The second kappa shape index (κ2) is 3.47. The third kappa shape index (κ3) is 1.63. The van der Waals surface area contributed by atoms with Gasteiger partial charge in [-0.05, 0) is 24.4 Å². The summed E-state index contributed by atoms with van der Waals surface area (Å²) in [5.74, 6) is -0.489. The van der Waals surface area contributed by atoms with Crippen molar-refractivity contribution in [3.05, 3.63) is 28.8 Å². The summed E-state index contributed by atoms with van der Waals surface area (Å²) in [6.07, 6.45) is 0. The molecule has 15 heavy (non-hydrogen) atoms. The third-order valence-electron chi connectivity index (χ3n) is 2.00. The number of hydrogen-bond acceptors (Lipinski definition) is 3. The minimum atomic E-state index is -0.542. The highest BCUT2D eigenvalue weighted by Crippen LogP contribution is 2.28. The summed E-state index contributed by atoms with van der Waals surface area (Å²) in [7, 11) is 1.66. The van der Waals surface area contributed by atoms with Crippen molar-refractivity contribution in [2.75, 3.05) is 0 Å². The molecule has 78 valence electrons. The van der Waals surface area contributed by atoms with Gasteiger partial charge in [0.15, 0.2) is 5.82 Å². The maximum Gasteiger partial charge on any atom is 0.216 e. The summed E-state index contributed by atoms with van der Waals surface area (Å²) in [5, 5.41) is 12.2. The standard InChI is InChI=1S/C9H8FN3OS/c1-13-9(15)11-8(12-13)7-5(10)3-2-4-6(7)14/h2-4,14H,1H3,(H,11,12,15). The Bertz CT molecular complexity index is 540. The average molecular weight is 225 g/mol. The van der Waals surface area contributed by atoms with E-state index in [1.165, 1.54) is 22.9 Å². The summed E-state index contributed by atoms with van der Waals surface area (Å²) in [4.78, 5) is 3.92. The highest BCUT2D eigenvalue weighted by molar-refractivity contribution is 7.71. The van der Waals surface area contributed by atoms with Gasteiger partial charge in [0.2, 0.25) is 4.77 Å². The van der Waals surface area contributed by atoms with Gasteiger partial charge in [-0.25, -0.2) is 4.39 Å². The van der Waals surface area contributed by atoms with Crippen molar-refractivity contribution in [3.63, 3.8) is 0 Å². The molecule has 4 nitrogen and oxygen atoms in total. The highest BCUT2D eigenvalue weighted by atomic mass is 32.1. The average Bonchev–Trinajstić information content (AvgIpc) is 2.46. The van der Waals surface area contributed by atoms with E-state index in [-0.39, 0.29) is 17.1 Å². The normalized spacial score (nSPS) is 10.5. The molecule has 0 aliphatic carbocycles. The van der Waals surface area contributed by atoms with Crippen molar-refractivity contribution in [1.82, 2.24) is 14.8 Å². The molecule has 2 aromatic rings. The molecule has 1 aromatic carbocycles. The van der Waals surface area contributed by atoms with E-state index in [1.807, 2.05) is 0 Å². The largest absolute Gasteiger partial charge is 0.507 e. The van der Waals surface area contributed by atoms with E-state index >= 15 is 0 Å². The third-order valence-corrected chi connectivity index (χ3v) is 2.36. The molecular weight excluding hydrogens is 217 g/mol. The number of nitrogens with zero attached hydrogens (tertiary/aromatic N) is 2. The Kier molecular flexibility index (Phi) is 2.28. The van der Waals surface area contributed by atoms with Gasteiger partial charge >= 0.3 is 0 Å². The van der Waals surface area contributed by atoms with Gasteiger partial charge in [-0.2, -0.15) is 4.98 Å². The lowest BCUT2D eigenvalue weighted by molar-refractivity contribution is 0.471. The van der Waals surface area contributed by atoms with Crippen molar-refractivity contribution in [3.8, 4) is 17.1 Å². The number of phenols is 1. The smallest absolute Gasteiger partial charge is 0.216 e. The zero-order chi connectivity index (χ0) is 11.0. The molecule has 2 rings (SSSR count). The van der Waals surface area contributed by atoms with E-state index in [4.69, 9.17) is 12.2 Å². The molecule has 0 saturated carbocycles. The fourth-order valence-corrected chi connectivity index (χ4v) is 1.40. The van der Waals surface area contributed by atoms with Gasteiger partial charge in [-0.1, -0.05) is 6.07 Å². The Morgan fingerprint density at radius 2 is 2.27 bits per heavy atom. The van der Waals surface area contributed by atoms with Gasteiger partial charge in [-0.15, -0.1) is 0 Å². The highest BCUT2D eigenvalue weighted by Gasteiger charge is 2.13. The van der Waals surface area contributed by atoms with Crippen LogP contribution in [0.4, 0.5) is 4.39 Å². The summed E-state index contributed by atoms with van der Waals surface area (Å²) >= 11 is 4.88. The van der Waals surface area contributed by atoms with Gasteiger partial charge in [-0.3, -0.25) is 9.78 Å². The second-order valence-corrected chi connectivity index (χ2v) is 3.41. The zero-order valence-corrected chi connectivity index (χ0v) is 8.68. The van der Waals surface area contributed by atoms with Gasteiger partial charge < -0.3 is 5.11 Å². The molecule has 0 fully saturated rings. The number of hydrogen-bond donors (Lipinski definition) is 2. The maximum atomic E-state index is 13.4. The minimum Gasteiger partial charge on any atom is -0.507 e. The molecule has 6 heteroatoms. The first kappa shape index (κ1) is 9.85. The number of benzene rings is 1. The fraction of sp³-hybridized carbons (Fsp3) is 0.111. The molecule has 0 saturated heterocycles. The van der Waals surface area contributed by atoms with Crippen LogP contribution in [-0.4, -0.2) is 19.9 Å². The van der Waals surface area contributed by atoms with Crippen LogP contribution in [0, 0.1) is 10.6 Å². The number of H-pyrrole nitrogens is 1. The van der Waals surface area contributed by atoms with E-state index in [9.17, 15) is 9.50 Å². The van der Waals surface area contributed by atoms with Crippen molar-refractivity contribution in [2.24, 2.45) is 7.05 Å². The SMILES string of the molecule is Cn1[nH]c(-c2c(O)cccc2F)nc1=S. The van der Waals surface area contributed by atoms with Crippen LogP contribution in [0.25, 0.3) is 11.4 Å². The Morgan fingerprint density at radius 3 is 2.80 bits per heavy atom. The molecule has 0 unspecified atom stereocenters. The van der Waals surface area contributed by atoms with Crippen LogP contribution < -0.4 is 0 Å². The van der Waals surface area contributed by atoms with Crippen LogP contribution in [0.5, 0.6) is 5.75 Å². The number of rotatable bonds is 1. The summed E-state index contributed by atoms with van der Waals surface area (Å²) < 4.78 is 15.2. The predicted molar refractivity (Wildman–Crippen MR) is 55.5 cm³/mol. The summed E-state index contributed by atoms with van der Waals surface area (Å²) in [6, 6.07) is 4.07. The van der Waals surface area contributed by atoms with Gasteiger partial charge in [0.1, 0.15) is 11.6 Å². The molecule has 0 bridgehead atoms. The fourth-order valence-electron chi connectivity index (χ4n) is 1.26. The molecule has 2 N–H and O–H groups in total. The number of aromatic nitrogens is 3. The number of aryl methyl sites for hydroxylation is 1. The van der Waals surface area contributed by atoms with Crippen LogP contribution in [0.1, 0.15) is 0 Å². The molecule has 0 amide bonds. The summed E-state index contributed by atoms with van der Waals surface area (Å²) in [6.45, 7) is 0. The molecule has 1 heterocycles. The Balaban J connectivity index is 2.68. The molecular formula is C9H8FN3OS. The van der Waals surface area contributed by atoms with Crippen LogP contribution in [-0.2, 0) is 7.05 Å². The van der Waals surface area contributed by atoms with Gasteiger partial charge in [0.05, 0.1) is 5.56 Å². The molecule has 0 atom stereocenters. The van der Waals surface area contributed by atoms with E-state index < -0.39 is 5.82 Å². The number of aromatic hydroxyl groups is 1. The maximum absolute atomic E-state index is 13.4. The molecule has 0 spiro atoms. The molecule has 0 aliphatic rings. The predicted octanol–water partition coefficient (Wildman–Crippen LogP) is 1.99. The topological polar surface area (TPSA) is 53.8 Å². The van der Waals surface area contributed by atoms with Gasteiger partial charge in [0.25, 0.3) is 0 Å². The van der Waals surface area contributed by atoms with Gasteiger partial charge in [0, 0.05) is 7.05 Å². The first-order valence-electron chi connectivity index (χ1n) is 4.20. The zero-order valence-electron chi connectivity index (χ0n) is 7.86. The van der Waals surface area contributed by atoms with E-state index in [0.717, 1.165) is 0 Å². The van der Waals surface area contributed by atoms with E-state index in [2.05, 4.69) is 10.1 Å². The Hall–Kier alpha value is -1.69.